The minimum Gasteiger partial charge on any atom is -0.479 e. The van der Waals surface area contributed by atoms with E-state index in [2.05, 4.69) is 10.5 Å². The van der Waals surface area contributed by atoms with Crippen molar-refractivity contribution < 1.29 is 17.9 Å². The highest BCUT2D eigenvalue weighted by molar-refractivity contribution is 7.92. The molecule has 0 saturated heterocycles. The normalized spacial score (nSPS) is 11.1. The van der Waals surface area contributed by atoms with Crippen molar-refractivity contribution in [2.24, 2.45) is 5.10 Å². The molecule has 0 aliphatic carbocycles. The van der Waals surface area contributed by atoms with Crippen LogP contribution in [0.25, 0.3) is 0 Å². The number of rotatable bonds is 9. The number of nitrogens with zero attached hydrogens (tertiary/aromatic N) is 3. The minimum atomic E-state index is -4.08. The Morgan fingerprint density at radius 3 is 2.44 bits per heavy atom. The molecule has 0 unspecified atom stereocenters. The summed E-state index contributed by atoms with van der Waals surface area (Å²) in [4.78, 5) is 12.6. The highest BCUT2D eigenvalue weighted by atomic mass is 35.5. The average molecular weight is 497 g/mol. The average Bonchev–Trinajstić information content (AvgIpc) is 2.83. The Balaban J connectivity index is 1.77. The second-order valence-corrected chi connectivity index (χ2v) is 9.35. The van der Waals surface area contributed by atoms with Gasteiger partial charge in [-0.25, -0.2) is 13.8 Å². The highest BCUT2D eigenvalue weighted by Crippen LogP contribution is 2.30. The van der Waals surface area contributed by atoms with Gasteiger partial charge in [-0.3, -0.25) is 9.10 Å². The van der Waals surface area contributed by atoms with Crippen LogP contribution < -0.4 is 14.5 Å². The molecular weight excluding hydrogens is 476 g/mol. The Labute approximate surface area is 203 Å². The number of carbonyl (C=O) groups excluding carboxylic acids is 1. The van der Waals surface area contributed by atoms with Crippen molar-refractivity contribution in [1.29, 1.82) is 5.26 Å². The lowest BCUT2D eigenvalue weighted by Gasteiger charge is -2.24. The van der Waals surface area contributed by atoms with Crippen LogP contribution in [0, 0.1) is 18.3 Å². The van der Waals surface area contributed by atoms with Crippen LogP contribution in [0.4, 0.5) is 5.69 Å². The van der Waals surface area contributed by atoms with Gasteiger partial charge >= 0.3 is 0 Å². The zero-order valence-corrected chi connectivity index (χ0v) is 19.8. The Kier molecular flexibility index (Phi) is 8.24. The van der Waals surface area contributed by atoms with Crippen molar-refractivity contribution in [2.75, 3.05) is 17.5 Å². The molecule has 0 aliphatic heterocycles. The molecule has 10 heteroatoms. The molecule has 3 aromatic rings. The monoisotopic (exact) mass is 496 g/mol. The number of carbonyl (C=O) groups is 1. The molecule has 1 N–H and O–H groups in total. The molecule has 0 aromatic heterocycles. The summed E-state index contributed by atoms with van der Waals surface area (Å²) in [6, 6.07) is 21.3. The van der Waals surface area contributed by atoms with Gasteiger partial charge in [-0.05, 0) is 61.0 Å². The summed E-state index contributed by atoms with van der Waals surface area (Å²) in [5.41, 5.74) is 4.09. The zero-order valence-electron chi connectivity index (χ0n) is 18.2. The van der Waals surface area contributed by atoms with Gasteiger partial charge in [0.15, 0.2) is 6.61 Å². The summed E-state index contributed by atoms with van der Waals surface area (Å²) >= 11 is 6.25. The molecule has 0 atom stereocenters. The van der Waals surface area contributed by atoms with Crippen molar-refractivity contribution in [3.8, 4) is 11.8 Å². The molecule has 0 aliphatic rings. The Bertz CT molecular complexity index is 1320. The van der Waals surface area contributed by atoms with E-state index >= 15 is 0 Å². The maximum absolute atomic E-state index is 13.4. The topological polar surface area (TPSA) is 112 Å². The number of hydrogen-bond acceptors (Lipinski definition) is 6. The molecule has 34 heavy (non-hydrogen) atoms. The van der Waals surface area contributed by atoms with Gasteiger partial charge in [0.2, 0.25) is 0 Å². The molecule has 0 bridgehead atoms. The van der Waals surface area contributed by atoms with Crippen molar-refractivity contribution in [2.45, 2.75) is 11.8 Å². The lowest BCUT2D eigenvalue weighted by molar-refractivity contribution is -0.119. The first-order valence-corrected chi connectivity index (χ1v) is 11.9. The van der Waals surface area contributed by atoms with Crippen molar-refractivity contribution in [3.05, 3.63) is 88.9 Å². The van der Waals surface area contributed by atoms with Crippen molar-refractivity contribution in [3.63, 3.8) is 0 Å². The van der Waals surface area contributed by atoms with Gasteiger partial charge in [-0.15, -0.1) is 0 Å². The van der Waals surface area contributed by atoms with E-state index in [1.807, 2.05) is 13.0 Å². The predicted octanol–water partition coefficient (Wildman–Crippen LogP) is 3.90. The van der Waals surface area contributed by atoms with Crippen molar-refractivity contribution >= 4 is 39.4 Å². The molecule has 8 nitrogen and oxygen atoms in total. The first-order valence-electron chi connectivity index (χ1n) is 10.1. The first-order chi connectivity index (χ1) is 16.3. The van der Waals surface area contributed by atoms with E-state index in [-0.39, 0.29) is 22.2 Å². The van der Waals surface area contributed by atoms with Crippen LogP contribution in [0.2, 0.25) is 5.02 Å². The van der Waals surface area contributed by atoms with Gasteiger partial charge in [0, 0.05) is 0 Å². The van der Waals surface area contributed by atoms with Gasteiger partial charge < -0.3 is 4.74 Å². The number of aryl methyl sites for hydroxylation is 1. The molecule has 0 heterocycles. The van der Waals surface area contributed by atoms with Crippen LogP contribution in [0.15, 0.2) is 82.8 Å². The zero-order chi connectivity index (χ0) is 24.6. The van der Waals surface area contributed by atoms with Crippen LogP contribution in [0.1, 0.15) is 11.1 Å². The number of halogens is 1. The number of para-hydroxylation sites is 1. The van der Waals surface area contributed by atoms with E-state index in [1.165, 1.54) is 24.4 Å². The van der Waals surface area contributed by atoms with Crippen LogP contribution >= 0.6 is 11.6 Å². The van der Waals surface area contributed by atoms with Crippen LogP contribution in [0.5, 0.6) is 5.75 Å². The summed E-state index contributed by atoms with van der Waals surface area (Å²) in [5.74, 6) is -0.125. The number of hydrogen-bond donors (Lipinski definition) is 1. The Hall–Kier alpha value is -3.87. The van der Waals surface area contributed by atoms with Gasteiger partial charge in [0.05, 0.1) is 21.8 Å². The fourth-order valence-electron chi connectivity index (χ4n) is 2.90. The van der Waals surface area contributed by atoms with E-state index < -0.39 is 22.5 Å². The summed E-state index contributed by atoms with van der Waals surface area (Å²) in [6.45, 7) is 1.26. The third kappa shape index (κ3) is 6.34. The lowest BCUT2D eigenvalue weighted by atomic mass is 10.2. The summed E-state index contributed by atoms with van der Waals surface area (Å²) < 4.78 is 32.8. The second kappa shape index (κ2) is 11.3. The van der Waals surface area contributed by atoms with Gasteiger partial charge in [0.25, 0.3) is 15.9 Å². The Morgan fingerprint density at radius 2 is 1.79 bits per heavy atom. The number of hydrazone groups is 1. The van der Waals surface area contributed by atoms with Gasteiger partial charge in [-0.1, -0.05) is 41.4 Å². The molecule has 1 amide bonds. The molecule has 0 saturated carbocycles. The summed E-state index contributed by atoms with van der Waals surface area (Å²) in [5, 5.41) is 12.6. The number of amides is 1. The van der Waals surface area contributed by atoms with Gasteiger partial charge in [-0.2, -0.15) is 10.4 Å². The van der Waals surface area contributed by atoms with Crippen LogP contribution in [0.3, 0.4) is 0 Å². The fourth-order valence-corrected chi connectivity index (χ4v) is 4.63. The number of ether oxygens (including phenoxy) is 1. The van der Waals surface area contributed by atoms with E-state index in [4.69, 9.17) is 21.6 Å². The number of nitrogens with one attached hydrogen (secondary N) is 1. The molecule has 0 radical (unpaired) electrons. The number of benzene rings is 3. The van der Waals surface area contributed by atoms with Gasteiger partial charge in [0.1, 0.15) is 18.4 Å². The fraction of sp³-hybridized carbons (Fsp3) is 0.125. The maximum atomic E-state index is 13.4. The van der Waals surface area contributed by atoms with E-state index in [0.717, 1.165) is 9.87 Å². The molecule has 3 aromatic carbocycles. The second-order valence-electron chi connectivity index (χ2n) is 7.09. The van der Waals surface area contributed by atoms with Crippen molar-refractivity contribution in [1.82, 2.24) is 5.43 Å². The molecule has 0 spiro atoms. The largest absolute Gasteiger partial charge is 0.479 e. The Morgan fingerprint density at radius 1 is 1.12 bits per heavy atom. The molecule has 174 valence electrons. The van der Waals surface area contributed by atoms with E-state index in [1.54, 1.807) is 54.6 Å². The lowest BCUT2D eigenvalue weighted by Crippen LogP contribution is -2.39. The molecule has 3 rings (SSSR count). The summed E-state index contributed by atoms with van der Waals surface area (Å²) in [7, 11) is -4.08. The predicted molar refractivity (Wildman–Crippen MR) is 130 cm³/mol. The minimum absolute atomic E-state index is 0.0352. The quantitative estimate of drug-likeness (QED) is 0.356. The van der Waals surface area contributed by atoms with Crippen LogP contribution in [-0.4, -0.2) is 33.7 Å². The maximum Gasteiger partial charge on any atom is 0.264 e. The standard InChI is InChI=1S/C24H21ClN4O4S/c1-18-6-12-21(13-7-18)34(31,32)29(23-5-3-2-4-22(23)25)17-24(30)28-27-16-19-8-10-20(11-9-19)33-15-14-26/h2-13,16H,15,17H2,1H3,(H,28,30)/b27-16-. The SMILES string of the molecule is Cc1ccc(S(=O)(=O)N(CC(=O)N/N=C\c2ccc(OCC#N)cc2)c2ccccc2Cl)cc1. The smallest absolute Gasteiger partial charge is 0.264 e. The molecular formula is C24H21ClN4O4S. The van der Waals surface area contributed by atoms with Crippen LogP contribution in [-0.2, 0) is 14.8 Å². The number of anilines is 1. The first kappa shape index (κ1) is 24.8. The number of sulfonamides is 1. The number of nitriles is 1. The van der Waals surface area contributed by atoms with E-state index in [0.29, 0.717) is 11.3 Å². The summed E-state index contributed by atoms with van der Waals surface area (Å²) in [6.07, 6.45) is 1.40. The third-order valence-electron chi connectivity index (χ3n) is 4.60. The highest BCUT2D eigenvalue weighted by Gasteiger charge is 2.28. The third-order valence-corrected chi connectivity index (χ3v) is 6.70. The molecule has 0 fully saturated rings. The van der Waals surface area contributed by atoms with E-state index in [9.17, 15) is 13.2 Å².